The molecular formula is C11H18N4O. The first-order valence-corrected chi connectivity index (χ1v) is 5.36. The zero-order chi connectivity index (χ0) is 12.0. The molecule has 2 N–H and O–H groups in total. The van der Waals surface area contributed by atoms with E-state index in [1.165, 1.54) is 0 Å². The summed E-state index contributed by atoms with van der Waals surface area (Å²) in [6.45, 7) is 6.61. The third-order valence-corrected chi connectivity index (χ3v) is 1.97. The van der Waals surface area contributed by atoms with Crippen LogP contribution in [0, 0.1) is 6.92 Å². The summed E-state index contributed by atoms with van der Waals surface area (Å²) in [6.07, 6.45) is 1.69. The fraction of sp³-hybridized carbons (Fsp3) is 0.545. The number of amides is 1. The molecule has 1 rings (SSSR count). The minimum Gasteiger partial charge on any atom is -0.349 e. The molecule has 0 atom stereocenters. The van der Waals surface area contributed by atoms with E-state index in [-0.39, 0.29) is 5.91 Å². The highest BCUT2D eigenvalue weighted by molar-refractivity contribution is 5.77. The number of carbonyl (C=O) groups excluding carboxylic acids is 1. The SMILES string of the molecule is Cc1nccc(CNC(=O)CNC(C)C)n1. The van der Waals surface area contributed by atoms with Crippen LogP contribution in [0.2, 0.25) is 0 Å². The van der Waals surface area contributed by atoms with Crippen molar-refractivity contribution in [1.82, 2.24) is 20.6 Å². The minimum absolute atomic E-state index is 0.0232. The molecule has 0 saturated carbocycles. The van der Waals surface area contributed by atoms with Crippen molar-refractivity contribution in [3.8, 4) is 0 Å². The molecule has 0 aromatic carbocycles. The van der Waals surface area contributed by atoms with Crippen LogP contribution in [0.3, 0.4) is 0 Å². The van der Waals surface area contributed by atoms with Crippen LogP contribution in [0.15, 0.2) is 12.3 Å². The van der Waals surface area contributed by atoms with Gasteiger partial charge in [0.15, 0.2) is 0 Å². The highest BCUT2D eigenvalue weighted by atomic mass is 16.1. The Bertz CT molecular complexity index is 352. The summed E-state index contributed by atoms with van der Waals surface area (Å²) >= 11 is 0. The summed E-state index contributed by atoms with van der Waals surface area (Å²) in [5, 5.41) is 5.84. The van der Waals surface area contributed by atoms with E-state index < -0.39 is 0 Å². The highest BCUT2D eigenvalue weighted by Crippen LogP contribution is 1.93. The number of nitrogens with zero attached hydrogens (tertiary/aromatic N) is 2. The summed E-state index contributed by atoms with van der Waals surface area (Å²) in [5.41, 5.74) is 0.824. The van der Waals surface area contributed by atoms with E-state index in [0.717, 1.165) is 5.69 Å². The molecular weight excluding hydrogens is 204 g/mol. The van der Waals surface area contributed by atoms with E-state index in [9.17, 15) is 4.79 Å². The molecule has 0 spiro atoms. The van der Waals surface area contributed by atoms with E-state index in [1.807, 2.05) is 20.8 Å². The van der Waals surface area contributed by atoms with Crippen molar-refractivity contribution >= 4 is 5.91 Å². The van der Waals surface area contributed by atoms with Gasteiger partial charge in [-0.1, -0.05) is 13.8 Å². The minimum atomic E-state index is -0.0232. The summed E-state index contributed by atoms with van der Waals surface area (Å²) < 4.78 is 0. The van der Waals surface area contributed by atoms with Gasteiger partial charge in [0.05, 0.1) is 18.8 Å². The number of carbonyl (C=O) groups is 1. The molecule has 0 bridgehead atoms. The Hall–Kier alpha value is -1.49. The lowest BCUT2D eigenvalue weighted by Crippen LogP contribution is -2.36. The van der Waals surface area contributed by atoms with Crippen LogP contribution in [0.25, 0.3) is 0 Å². The Labute approximate surface area is 95.7 Å². The summed E-state index contributed by atoms with van der Waals surface area (Å²) in [5.74, 6) is 0.692. The van der Waals surface area contributed by atoms with Gasteiger partial charge >= 0.3 is 0 Å². The summed E-state index contributed by atoms with van der Waals surface area (Å²) in [4.78, 5) is 19.6. The quantitative estimate of drug-likeness (QED) is 0.756. The van der Waals surface area contributed by atoms with Crippen LogP contribution < -0.4 is 10.6 Å². The van der Waals surface area contributed by atoms with Crippen LogP contribution >= 0.6 is 0 Å². The predicted molar refractivity (Wildman–Crippen MR) is 61.8 cm³/mol. The third-order valence-electron chi connectivity index (χ3n) is 1.97. The maximum absolute atomic E-state index is 11.4. The van der Waals surface area contributed by atoms with Crippen molar-refractivity contribution in [2.45, 2.75) is 33.4 Å². The van der Waals surface area contributed by atoms with Crippen LogP contribution in [-0.2, 0) is 11.3 Å². The lowest BCUT2D eigenvalue weighted by atomic mass is 10.3. The van der Waals surface area contributed by atoms with Crippen molar-refractivity contribution in [3.05, 3.63) is 23.8 Å². The highest BCUT2D eigenvalue weighted by Gasteiger charge is 2.02. The number of aryl methyl sites for hydroxylation is 1. The van der Waals surface area contributed by atoms with Crippen molar-refractivity contribution < 1.29 is 4.79 Å². The summed E-state index contributed by atoms with van der Waals surface area (Å²) in [7, 11) is 0. The molecule has 1 aromatic heterocycles. The first-order chi connectivity index (χ1) is 7.58. The van der Waals surface area contributed by atoms with E-state index in [4.69, 9.17) is 0 Å². The molecule has 1 aromatic rings. The molecule has 0 aliphatic heterocycles. The fourth-order valence-electron chi connectivity index (χ4n) is 1.15. The average molecular weight is 222 g/mol. The number of rotatable bonds is 5. The average Bonchev–Trinajstić information content (AvgIpc) is 2.23. The third kappa shape index (κ3) is 4.84. The smallest absolute Gasteiger partial charge is 0.234 e. The van der Waals surface area contributed by atoms with Gasteiger partial charge in [0.25, 0.3) is 0 Å². The van der Waals surface area contributed by atoms with Gasteiger partial charge in [-0.2, -0.15) is 0 Å². The number of hydrogen-bond donors (Lipinski definition) is 2. The monoisotopic (exact) mass is 222 g/mol. The molecule has 0 aliphatic carbocycles. The maximum atomic E-state index is 11.4. The van der Waals surface area contributed by atoms with E-state index >= 15 is 0 Å². The zero-order valence-corrected chi connectivity index (χ0v) is 9.95. The lowest BCUT2D eigenvalue weighted by Gasteiger charge is -2.08. The van der Waals surface area contributed by atoms with Crippen molar-refractivity contribution in [1.29, 1.82) is 0 Å². The Balaban J connectivity index is 2.31. The molecule has 0 radical (unpaired) electrons. The van der Waals surface area contributed by atoms with Crippen molar-refractivity contribution in [2.24, 2.45) is 0 Å². The zero-order valence-electron chi connectivity index (χ0n) is 9.95. The first-order valence-electron chi connectivity index (χ1n) is 5.36. The second kappa shape index (κ2) is 6.17. The Morgan fingerprint density at radius 2 is 2.25 bits per heavy atom. The molecule has 0 unspecified atom stereocenters. The number of hydrogen-bond acceptors (Lipinski definition) is 4. The largest absolute Gasteiger partial charge is 0.349 e. The van der Waals surface area contributed by atoms with Gasteiger partial charge in [-0.25, -0.2) is 9.97 Å². The van der Waals surface area contributed by atoms with Crippen LogP contribution in [-0.4, -0.2) is 28.5 Å². The van der Waals surface area contributed by atoms with E-state index in [1.54, 1.807) is 12.3 Å². The molecule has 5 heteroatoms. The van der Waals surface area contributed by atoms with Crippen molar-refractivity contribution in [3.63, 3.8) is 0 Å². The van der Waals surface area contributed by atoms with Gasteiger partial charge in [-0.05, 0) is 13.0 Å². The van der Waals surface area contributed by atoms with Gasteiger partial charge in [-0.15, -0.1) is 0 Å². The van der Waals surface area contributed by atoms with E-state index in [0.29, 0.717) is 25.0 Å². The molecule has 88 valence electrons. The Morgan fingerprint density at radius 3 is 2.88 bits per heavy atom. The summed E-state index contributed by atoms with van der Waals surface area (Å²) in [6, 6.07) is 2.11. The van der Waals surface area contributed by atoms with Crippen LogP contribution in [0.5, 0.6) is 0 Å². The fourth-order valence-corrected chi connectivity index (χ4v) is 1.15. The Morgan fingerprint density at radius 1 is 1.50 bits per heavy atom. The van der Waals surface area contributed by atoms with Gasteiger partial charge in [0, 0.05) is 12.2 Å². The standard InChI is InChI=1S/C11H18N4O/c1-8(2)13-7-11(16)14-6-10-4-5-12-9(3)15-10/h4-5,8,13H,6-7H2,1-3H3,(H,14,16). The second-order valence-electron chi connectivity index (χ2n) is 3.91. The second-order valence-corrected chi connectivity index (χ2v) is 3.91. The molecule has 0 aliphatic rings. The normalized spacial score (nSPS) is 10.5. The maximum Gasteiger partial charge on any atom is 0.234 e. The van der Waals surface area contributed by atoms with E-state index in [2.05, 4.69) is 20.6 Å². The van der Waals surface area contributed by atoms with Gasteiger partial charge in [0.1, 0.15) is 5.82 Å². The first kappa shape index (κ1) is 12.6. The van der Waals surface area contributed by atoms with Crippen LogP contribution in [0.1, 0.15) is 25.4 Å². The molecule has 5 nitrogen and oxygen atoms in total. The lowest BCUT2D eigenvalue weighted by molar-refractivity contribution is -0.120. The molecule has 1 heterocycles. The van der Waals surface area contributed by atoms with Crippen molar-refractivity contribution in [2.75, 3.05) is 6.54 Å². The molecule has 16 heavy (non-hydrogen) atoms. The predicted octanol–water partition coefficient (Wildman–Crippen LogP) is 0.399. The van der Waals surface area contributed by atoms with Gasteiger partial charge < -0.3 is 10.6 Å². The molecule has 0 saturated heterocycles. The molecule has 0 fully saturated rings. The van der Waals surface area contributed by atoms with Gasteiger partial charge in [0.2, 0.25) is 5.91 Å². The number of nitrogens with one attached hydrogen (secondary N) is 2. The molecule has 1 amide bonds. The topological polar surface area (TPSA) is 66.9 Å². The Kier molecular flexibility index (Phi) is 4.85. The number of aromatic nitrogens is 2. The van der Waals surface area contributed by atoms with Gasteiger partial charge in [-0.3, -0.25) is 4.79 Å². The van der Waals surface area contributed by atoms with Crippen LogP contribution in [0.4, 0.5) is 0 Å².